The van der Waals surface area contributed by atoms with Crippen LogP contribution in [-0.2, 0) is 10.0 Å². The van der Waals surface area contributed by atoms with E-state index in [0.717, 1.165) is 24.2 Å². The van der Waals surface area contributed by atoms with Gasteiger partial charge in [-0.15, -0.1) is 0 Å². The van der Waals surface area contributed by atoms with Crippen molar-refractivity contribution in [3.63, 3.8) is 0 Å². The standard InChI is InChI=1S/C41H43N5O6S/c1-28(29-11-5-4-6-12-29)44-23-25-45(26-24-44)34-16-8-15-32-38(34)41(48)46(40(32)47)33(31-19-20-35(51-2)36(27-31)52-3)17-10-22-43-53(49,50)37-18-7-13-30-14-9-21-42-39(30)37/h4-9,11-16,18-21,27-28,33,43H,10,17,22-26H2,1-3H3. The lowest BCUT2D eigenvalue weighted by molar-refractivity contribution is 0.0572. The minimum absolute atomic E-state index is 0.0788. The molecule has 0 radical (unpaired) electrons. The number of imide groups is 1. The molecule has 2 unspecified atom stereocenters. The number of piperazine rings is 1. The van der Waals surface area contributed by atoms with Gasteiger partial charge in [0.05, 0.1) is 42.6 Å². The molecule has 12 heteroatoms. The molecule has 2 aliphatic rings. The highest BCUT2D eigenvalue weighted by atomic mass is 32.2. The van der Waals surface area contributed by atoms with Crippen LogP contribution in [0, 0.1) is 0 Å². The van der Waals surface area contributed by atoms with Gasteiger partial charge in [0.1, 0.15) is 4.90 Å². The third-order valence-electron chi connectivity index (χ3n) is 10.3. The van der Waals surface area contributed by atoms with Crippen molar-refractivity contribution < 1.29 is 27.5 Å². The van der Waals surface area contributed by atoms with Crippen molar-refractivity contribution in [1.82, 2.24) is 19.5 Å². The molecule has 0 spiro atoms. The zero-order valence-electron chi connectivity index (χ0n) is 30.1. The summed E-state index contributed by atoms with van der Waals surface area (Å²) in [4.78, 5) is 39.1. The number of aromatic nitrogens is 1. The Balaban J connectivity index is 1.12. The molecule has 1 fully saturated rings. The second-order valence-corrected chi connectivity index (χ2v) is 15.0. The Morgan fingerprint density at radius 1 is 0.792 bits per heavy atom. The van der Waals surface area contributed by atoms with Crippen LogP contribution >= 0.6 is 0 Å². The SMILES string of the molecule is COc1ccc(C(CCCNS(=O)(=O)c2cccc3cccnc23)N2C(=O)c3cccc(N4CCN(C(C)c5ccccc5)CC4)c3C2=O)cc1OC. The largest absolute Gasteiger partial charge is 0.493 e. The number of benzene rings is 4. The van der Waals surface area contributed by atoms with Gasteiger partial charge >= 0.3 is 0 Å². The van der Waals surface area contributed by atoms with E-state index in [4.69, 9.17) is 9.47 Å². The van der Waals surface area contributed by atoms with Gasteiger partial charge in [-0.1, -0.05) is 60.7 Å². The second-order valence-electron chi connectivity index (χ2n) is 13.3. The normalized spacial score (nSPS) is 16.1. The molecular weight excluding hydrogens is 691 g/mol. The zero-order valence-corrected chi connectivity index (χ0v) is 30.9. The summed E-state index contributed by atoms with van der Waals surface area (Å²) in [6.45, 7) is 5.33. The first-order chi connectivity index (χ1) is 25.7. The predicted octanol–water partition coefficient (Wildman–Crippen LogP) is 6.23. The van der Waals surface area contributed by atoms with E-state index >= 15 is 0 Å². The Morgan fingerprint density at radius 3 is 2.28 bits per heavy atom. The molecular formula is C41H43N5O6S. The Hall–Kier alpha value is -5.30. The van der Waals surface area contributed by atoms with Crippen molar-refractivity contribution in [1.29, 1.82) is 0 Å². The quantitative estimate of drug-likeness (QED) is 0.111. The van der Waals surface area contributed by atoms with Crippen molar-refractivity contribution in [2.24, 2.45) is 0 Å². The number of pyridine rings is 1. The number of para-hydroxylation sites is 1. The molecule has 2 amide bonds. The highest BCUT2D eigenvalue weighted by molar-refractivity contribution is 7.89. The van der Waals surface area contributed by atoms with Gasteiger partial charge in [-0.2, -0.15) is 0 Å². The van der Waals surface area contributed by atoms with Gasteiger partial charge in [-0.25, -0.2) is 13.1 Å². The van der Waals surface area contributed by atoms with E-state index < -0.39 is 16.1 Å². The minimum Gasteiger partial charge on any atom is -0.493 e. The van der Waals surface area contributed by atoms with Gasteiger partial charge < -0.3 is 14.4 Å². The number of hydrogen-bond donors (Lipinski definition) is 1. The third kappa shape index (κ3) is 7.09. The Bertz CT molecular complexity index is 2240. The van der Waals surface area contributed by atoms with Crippen LogP contribution in [0.5, 0.6) is 11.5 Å². The molecule has 0 saturated carbocycles. The Morgan fingerprint density at radius 2 is 1.53 bits per heavy atom. The van der Waals surface area contributed by atoms with E-state index in [2.05, 4.69) is 50.7 Å². The molecule has 11 nitrogen and oxygen atoms in total. The van der Waals surface area contributed by atoms with Crippen molar-refractivity contribution in [3.05, 3.63) is 126 Å². The van der Waals surface area contributed by atoms with E-state index in [9.17, 15) is 18.0 Å². The summed E-state index contributed by atoms with van der Waals surface area (Å²) in [5.74, 6) is 0.212. The molecule has 2 aliphatic heterocycles. The fraction of sp³-hybridized carbons (Fsp3) is 0.293. The van der Waals surface area contributed by atoms with Crippen LogP contribution in [-0.4, -0.2) is 82.0 Å². The number of sulfonamides is 1. The summed E-state index contributed by atoms with van der Waals surface area (Å²) < 4.78 is 40.6. The summed E-state index contributed by atoms with van der Waals surface area (Å²) >= 11 is 0. The lowest BCUT2D eigenvalue weighted by Crippen LogP contribution is -2.47. The summed E-state index contributed by atoms with van der Waals surface area (Å²) in [5, 5.41) is 0.720. The Labute approximate surface area is 310 Å². The number of ether oxygens (including phenoxy) is 2. The zero-order chi connectivity index (χ0) is 37.1. The predicted molar refractivity (Wildman–Crippen MR) is 204 cm³/mol. The average molecular weight is 734 g/mol. The number of nitrogens with zero attached hydrogens (tertiary/aromatic N) is 4. The molecule has 274 valence electrons. The van der Waals surface area contributed by atoms with Crippen LogP contribution < -0.4 is 19.1 Å². The first-order valence-electron chi connectivity index (χ1n) is 17.8. The fourth-order valence-corrected chi connectivity index (χ4v) is 8.75. The lowest BCUT2D eigenvalue weighted by Gasteiger charge is -2.39. The second kappa shape index (κ2) is 15.4. The van der Waals surface area contributed by atoms with Crippen molar-refractivity contribution in [2.45, 2.75) is 36.7 Å². The van der Waals surface area contributed by atoms with E-state index in [1.54, 1.807) is 43.6 Å². The maximum Gasteiger partial charge on any atom is 0.264 e. The highest BCUT2D eigenvalue weighted by Crippen LogP contribution is 2.41. The summed E-state index contributed by atoms with van der Waals surface area (Å²) in [5.41, 5.74) is 3.83. The molecule has 0 bridgehead atoms. The van der Waals surface area contributed by atoms with Crippen molar-refractivity contribution in [2.75, 3.05) is 51.8 Å². The van der Waals surface area contributed by atoms with Crippen LogP contribution in [0.2, 0.25) is 0 Å². The first-order valence-corrected chi connectivity index (χ1v) is 19.3. The number of anilines is 1. The van der Waals surface area contributed by atoms with Crippen molar-refractivity contribution >= 4 is 38.4 Å². The number of fused-ring (bicyclic) bond motifs is 2. The van der Waals surface area contributed by atoms with Crippen LogP contribution in [0.25, 0.3) is 10.9 Å². The molecule has 53 heavy (non-hydrogen) atoms. The smallest absolute Gasteiger partial charge is 0.264 e. The average Bonchev–Trinajstić information content (AvgIpc) is 3.46. The monoisotopic (exact) mass is 733 g/mol. The highest BCUT2D eigenvalue weighted by Gasteiger charge is 2.43. The van der Waals surface area contributed by atoms with E-state index in [0.29, 0.717) is 59.6 Å². The van der Waals surface area contributed by atoms with E-state index in [1.807, 2.05) is 36.4 Å². The van der Waals surface area contributed by atoms with Gasteiger partial charge in [0.15, 0.2) is 11.5 Å². The molecule has 3 heterocycles. The van der Waals surface area contributed by atoms with Crippen LogP contribution in [0.4, 0.5) is 5.69 Å². The van der Waals surface area contributed by atoms with Gasteiger partial charge in [-0.05, 0) is 67.3 Å². The van der Waals surface area contributed by atoms with Gasteiger partial charge in [0, 0.05) is 50.3 Å². The molecule has 1 N–H and O–H groups in total. The molecule has 2 atom stereocenters. The number of carbonyl (C=O) groups is 2. The molecule has 1 saturated heterocycles. The topological polar surface area (TPSA) is 121 Å². The minimum atomic E-state index is -3.90. The first kappa shape index (κ1) is 36.1. The third-order valence-corrected chi connectivity index (χ3v) is 11.8. The molecule has 1 aromatic heterocycles. The van der Waals surface area contributed by atoms with Crippen LogP contribution in [0.1, 0.15) is 63.7 Å². The summed E-state index contributed by atoms with van der Waals surface area (Å²) in [7, 11) is -0.830. The fourth-order valence-electron chi connectivity index (χ4n) is 7.50. The van der Waals surface area contributed by atoms with E-state index in [1.165, 1.54) is 23.6 Å². The Kier molecular flexibility index (Phi) is 10.5. The number of rotatable bonds is 13. The number of carbonyl (C=O) groups excluding carboxylic acids is 2. The molecule has 4 aromatic carbocycles. The van der Waals surface area contributed by atoms with Crippen LogP contribution in [0.15, 0.2) is 108 Å². The number of nitrogens with one attached hydrogen (secondary N) is 1. The molecule has 7 rings (SSSR count). The number of methoxy groups -OCH3 is 2. The summed E-state index contributed by atoms with van der Waals surface area (Å²) in [6, 6.07) is 29.4. The van der Waals surface area contributed by atoms with E-state index in [-0.39, 0.29) is 29.3 Å². The molecule has 5 aromatic rings. The maximum absolute atomic E-state index is 14.5. The van der Waals surface area contributed by atoms with Gasteiger partial charge in [-0.3, -0.25) is 24.4 Å². The van der Waals surface area contributed by atoms with Crippen LogP contribution in [0.3, 0.4) is 0 Å². The molecule has 0 aliphatic carbocycles. The van der Waals surface area contributed by atoms with Crippen molar-refractivity contribution in [3.8, 4) is 11.5 Å². The number of hydrogen-bond acceptors (Lipinski definition) is 9. The lowest BCUT2D eigenvalue weighted by atomic mass is 9.99. The maximum atomic E-state index is 14.5. The number of amides is 2. The van der Waals surface area contributed by atoms with Gasteiger partial charge in [0.25, 0.3) is 11.8 Å². The summed E-state index contributed by atoms with van der Waals surface area (Å²) in [6.07, 6.45) is 2.19. The van der Waals surface area contributed by atoms with Gasteiger partial charge in [0.2, 0.25) is 10.0 Å².